The van der Waals surface area contributed by atoms with Gasteiger partial charge in [0, 0.05) is 5.54 Å². The van der Waals surface area contributed by atoms with Gasteiger partial charge in [-0.25, -0.2) is 4.79 Å². The molecule has 1 atom stereocenters. The Bertz CT molecular complexity index is 743. The number of rotatable bonds is 9. The second kappa shape index (κ2) is 9.23. The molecule has 0 saturated heterocycles. The molecule has 1 aromatic rings. The van der Waals surface area contributed by atoms with Crippen molar-refractivity contribution < 1.29 is 23.9 Å². The van der Waals surface area contributed by atoms with E-state index >= 15 is 0 Å². The number of nitrogens with zero attached hydrogens (tertiary/aromatic N) is 1. The third-order valence-corrected chi connectivity index (χ3v) is 5.36. The summed E-state index contributed by atoms with van der Waals surface area (Å²) in [5.41, 5.74) is 0.137. The van der Waals surface area contributed by atoms with E-state index in [1.807, 2.05) is 27.0 Å². The molecule has 1 aliphatic rings. The molecule has 1 N–H and O–H groups in total. The van der Waals surface area contributed by atoms with E-state index in [-0.39, 0.29) is 17.5 Å². The summed E-state index contributed by atoms with van der Waals surface area (Å²) in [6.45, 7) is 5.22. The van der Waals surface area contributed by atoms with E-state index < -0.39 is 41.9 Å². The van der Waals surface area contributed by atoms with Gasteiger partial charge in [0.1, 0.15) is 6.04 Å². The second-order valence-corrected chi connectivity index (χ2v) is 8.20. The quantitative estimate of drug-likeness (QED) is 0.499. The van der Waals surface area contributed by atoms with Gasteiger partial charge in [-0.15, -0.1) is 0 Å². The van der Waals surface area contributed by atoms with E-state index in [2.05, 4.69) is 5.32 Å². The highest BCUT2D eigenvalue weighted by Crippen LogP contribution is 2.26. The number of carbonyl (C=O) groups excluding carboxylic acids is 4. The van der Waals surface area contributed by atoms with E-state index in [0.29, 0.717) is 5.75 Å². The van der Waals surface area contributed by atoms with Crippen molar-refractivity contribution in [3.8, 4) is 0 Å². The molecule has 8 heteroatoms. The topological polar surface area (TPSA) is 92.8 Å². The van der Waals surface area contributed by atoms with E-state index in [1.165, 1.54) is 11.8 Å². The first-order valence-corrected chi connectivity index (χ1v) is 10.5. The number of amides is 3. The van der Waals surface area contributed by atoms with Gasteiger partial charge in [-0.2, -0.15) is 11.8 Å². The Morgan fingerprint density at radius 2 is 1.75 bits per heavy atom. The number of esters is 1. The fourth-order valence-electron chi connectivity index (χ4n) is 2.81. The summed E-state index contributed by atoms with van der Waals surface area (Å²) in [6, 6.07) is 5.40. The number of imide groups is 1. The Hall–Kier alpha value is -2.35. The predicted molar refractivity (Wildman–Crippen MR) is 107 cm³/mol. The molecule has 2 rings (SSSR count). The Morgan fingerprint density at radius 3 is 2.25 bits per heavy atom. The lowest BCUT2D eigenvalue weighted by Gasteiger charge is -2.26. The van der Waals surface area contributed by atoms with Gasteiger partial charge in [0.05, 0.1) is 11.1 Å². The number of fused-ring (bicyclic) bond motifs is 1. The minimum atomic E-state index is -1.06. The van der Waals surface area contributed by atoms with Crippen molar-refractivity contribution in [2.45, 2.75) is 45.2 Å². The zero-order chi connectivity index (χ0) is 20.9. The van der Waals surface area contributed by atoms with Crippen LogP contribution in [-0.2, 0) is 14.3 Å². The zero-order valence-electron chi connectivity index (χ0n) is 16.6. The first-order chi connectivity index (χ1) is 13.2. The lowest BCUT2D eigenvalue weighted by molar-refractivity contribution is -0.152. The Kier molecular flexibility index (Phi) is 7.23. The highest BCUT2D eigenvalue weighted by molar-refractivity contribution is 7.98. The highest BCUT2D eigenvalue weighted by atomic mass is 32.2. The zero-order valence-corrected chi connectivity index (χ0v) is 17.4. The molecule has 1 heterocycles. The average molecular weight is 407 g/mol. The van der Waals surface area contributed by atoms with Crippen LogP contribution in [0.3, 0.4) is 0 Å². The molecule has 0 aromatic heterocycles. The van der Waals surface area contributed by atoms with Gasteiger partial charge in [-0.1, -0.05) is 19.1 Å². The second-order valence-electron chi connectivity index (χ2n) is 7.22. The summed E-state index contributed by atoms with van der Waals surface area (Å²) in [5.74, 6) is -1.65. The van der Waals surface area contributed by atoms with Gasteiger partial charge in [-0.3, -0.25) is 19.3 Å². The molecule has 1 aromatic carbocycles. The van der Waals surface area contributed by atoms with Crippen LogP contribution in [0.25, 0.3) is 0 Å². The molecule has 28 heavy (non-hydrogen) atoms. The Labute approximate surface area is 169 Å². The fraction of sp³-hybridized carbons (Fsp3) is 0.500. The van der Waals surface area contributed by atoms with E-state index in [4.69, 9.17) is 4.74 Å². The number of hydrogen-bond donors (Lipinski definition) is 1. The van der Waals surface area contributed by atoms with E-state index in [0.717, 1.165) is 11.3 Å². The summed E-state index contributed by atoms with van der Waals surface area (Å²) in [5, 5.41) is 2.78. The number of thioether (sulfide) groups is 1. The van der Waals surface area contributed by atoms with Gasteiger partial charge in [0.2, 0.25) is 0 Å². The van der Waals surface area contributed by atoms with Crippen LogP contribution in [0.4, 0.5) is 0 Å². The van der Waals surface area contributed by atoms with Gasteiger partial charge >= 0.3 is 5.97 Å². The molecule has 1 aliphatic heterocycles. The molecule has 7 nitrogen and oxygen atoms in total. The van der Waals surface area contributed by atoms with Crippen LogP contribution in [-0.4, -0.2) is 58.8 Å². The summed E-state index contributed by atoms with van der Waals surface area (Å²) < 4.78 is 5.15. The molecule has 0 saturated carbocycles. The fourth-order valence-corrected chi connectivity index (χ4v) is 3.27. The third-order valence-electron chi connectivity index (χ3n) is 4.71. The maximum atomic E-state index is 12.7. The van der Waals surface area contributed by atoms with Gasteiger partial charge in [0.25, 0.3) is 17.7 Å². The predicted octanol–water partition coefficient (Wildman–Crippen LogP) is 2.25. The van der Waals surface area contributed by atoms with E-state index in [1.54, 1.807) is 24.3 Å². The largest absolute Gasteiger partial charge is 0.454 e. The van der Waals surface area contributed by atoms with Crippen molar-refractivity contribution in [3.63, 3.8) is 0 Å². The van der Waals surface area contributed by atoms with Gasteiger partial charge in [-0.05, 0) is 50.8 Å². The lowest BCUT2D eigenvalue weighted by Crippen LogP contribution is -2.48. The van der Waals surface area contributed by atoms with Crippen LogP contribution in [0.1, 0.15) is 54.3 Å². The molecule has 3 amide bonds. The smallest absolute Gasteiger partial charge is 0.329 e. The first kappa shape index (κ1) is 21.9. The standard InChI is InChI=1S/C20H26N2O5S/c1-5-20(2,3)21-16(23)12-27-19(26)15(10-11-28-4)22-17(24)13-8-6-7-9-14(13)18(22)25/h6-9,15H,5,10-12H2,1-4H3,(H,21,23)/t15-/m0/s1. The highest BCUT2D eigenvalue weighted by Gasteiger charge is 2.43. The summed E-state index contributed by atoms with van der Waals surface area (Å²) in [7, 11) is 0. The third kappa shape index (κ3) is 4.92. The molecule has 0 radical (unpaired) electrons. The molecular weight excluding hydrogens is 380 g/mol. The van der Waals surface area contributed by atoms with Gasteiger partial charge in [0.15, 0.2) is 6.61 Å². The van der Waals surface area contributed by atoms with Crippen LogP contribution >= 0.6 is 11.8 Å². The number of hydrogen-bond acceptors (Lipinski definition) is 6. The van der Waals surface area contributed by atoms with Crippen molar-refractivity contribution in [2.75, 3.05) is 18.6 Å². The minimum absolute atomic E-state index is 0.257. The Balaban J connectivity index is 2.11. The van der Waals surface area contributed by atoms with Gasteiger partial charge < -0.3 is 10.1 Å². The van der Waals surface area contributed by atoms with Crippen LogP contribution in [0.15, 0.2) is 24.3 Å². The Morgan fingerprint density at radius 1 is 1.18 bits per heavy atom. The maximum absolute atomic E-state index is 12.7. The molecule has 0 spiro atoms. The van der Waals surface area contributed by atoms with Crippen LogP contribution in [0.2, 0.25) is 0 Å². The lowest BCUT2D eigenvalue weighted by atomic mass is 10.0. The van der Waals surface area contributed by atoms with E-state index in [9.17, 15) is 19.2 Å². The number of nitrogens with one attached hydrogen (secondary N) is 1. The summed E-state index contributed by atoms with van der Waals surface area (Å²) in [4.78, 5) is 51.0. The number of benzene rings is 1. The normalized spacial score (nSPS) is 14.6. The van der Waals surface area contributed by atoms with Crippen molar-refractivity contribution in [3.05, 3.63) is 35.4 Å². The average Bonchev–Trinajstić information content (AvgIpc) is 2.92. The minimum Gasteiger partial charge on any atom is -0.454 e. The SMILES string of the molecule is CCC(C)(C)NC(=O)COC(=O)[C@H](CCSC)N1C(=O)c2ccccc2C1=O. The van der Waals surface area contributed by atoms with Crippen LogP contribution in [0.5, 0.6) is 0 Å². The first-order valence-electron chi connectivity index (χ1n) is 9.15. The number of ether oxygens (including phenoxy) is 1. The summed E-state index contributed by atoms with van der Waals surface area (Å²) in [6.07, 6.45) is 2.84. The monoisotopic (exact) mass is 406 g/mol. The van der Waals surface area contributed by atoms with Crippen LogP contribution in [0, 0.1) is 0 Å². The van der Waals surface area contributed by atoms with Crippen molar-refractivity contribution in [1.82, 2.24) is 10.2 Å². The molecular formula is C20H26N2O5S. The number of carbonyl (C=O) groups is 4. The van der Waals surface area contributed by atoms with Crippen molar-refractivity contribution >= 4 is 35.5 Å². The van der Waals surface area contributed by atoms with Crippen LogP contribution < -0.4 is 5.32 Å². The van der Waals surface area contributed by atoms with Crippen molar-refractivity contribution in [1.29, 1.82) is 0 Å². The summed E-state index contributed by atoms with van der Waals surface area (Å²) >= 11 is 1.49. The molecule has 152 valence electrons. The van der Waals surface area contributed by atoms with Crippen molar-refractivity contribution in [2.24, 2.45) is 0 Å². The molecule has 0 aliphatic carbocycles. The maximum Gasteiger partial charge on any atom is 0.329 e. The molecule has 0 unspecified atom stereocenters. The molecule has 0 bridgehead atoms. The molecule has 0 fully saturated rings.